The molecule has 18 heavy (non-hydrogen) atoms. The molecule has 0 spiro atoms. The fourth-order valence-electron chi connectivity index (χ4n) is 2.27. The third kappa shape index (κ3) is 3.63. The van der Waals surface area contributed by atoms with E-state index in [1.807, 2.05) is 17.0 Å². The first-order valence-corrected chi connectivity index (χ1v) is 7.14. The minimum absolute atomic E-state index is 0.237. The van der Waals surface area contributed by atoms with Crippen LogP contribution in [0.2, 0.25) is 10.0 Å². The minimum atomic E-state index is 0.237. The van der Waals surface area contributed by atoms with Gasteiger partial charge in [0.15, 0.2) is 0 Å². The second-order valence-corrected chi connectivity index (χ2v) is 5.52. The number of piperidine rings is 1. The zero-order chi connectivity index (χ0) is 13.0. The number of aryl methyl sites for hydroxylation is 1. The van der Waals surface area contributed by atoms with Gasteiger partial charge in [-0.3, -0.25) is 4.79 Å². The standard InChI is InChI=1S/C14H17Cl2NO/c15-12-6-4-11(13(16)10-12)5-7-14(18)17-8-2-1-3-9-17/h4,6,10H,1-3,5,7-9H2. The highest BCUT2D eigenvalue weighted by Crippen LogP contribution is 2.22. The van der Waals surface area contributed by atoms with E-state index >= 15 is 0 Å². The van der Waals surface area contributed by atoms with E-state index < -0.39 is 0 Å². The van der Waals surface area contributed by atoms with Crippen molar-refractivity contribution in [2.45, 2.75) is 32.1 Å². The van der Waals surface area contributed by atoms with Gasteiger partial charge >= 0.3 is 0 Å². The van der Waals surface area contributed by atoms with Gasteiger partial charge in [-0.15, -0.1) is 0 Å². The lowest BCUT2D eigenvalue weighted by molar-refractivity contribution is -0.132. The van der Waals surface area contributed by atoms with Gasteiger partial charge in [-0.05, 0) is 43.4 Å². The first-order valence-electron chi connectivity index (χ1n) is 6.38. The molecule has 1 saturated heterocycles. The third-order valence-electron chi connectivity index (χ3n) is 3.33. The lowest BCUT2D eigenvalue weighted by Gasteiger charge is -2.26. The average Bonchev–Trinajstić information content (AvgIpc) is 2.38. The van der Waals surface area contributed by atoms with E-state index in [1.165, 1.54) is 6.42 Å². The summed E-state index contributed by atoms with van der Waals surface area (Å²) in [4.78, 5) is 14.0. The van der Waals surface area contributed by atoms with Gasteiger partial charge in [-0.25, -0.2) is 0 Å². The molecule has 0 radical (unpaired) electrons. The Morgan fingerprint density at radius 2 is 1.89 bits per heavy atom. The molecule has 98 valence electrons. The number of hydrogen-bond acceptors (Lipinski definition) is 1. The van der Waals surface area contributed by atoms with Crippen molar-refractivity contribution in [1.29, 1.82) is 0 Å². The lowest BCUT2D eigenvalue weighted by Crippen LogP contribution is -2.35. The molecule has 1 fully saturated rings. The van der Waals surface area contributed by atoms with Crippen molar-refractivity contribution in [2.24, 2.45) is 0 Å². The van der Waals surface area contributed by atoms with Gasteiger partial charge in [0, 0.05) is 29.6 Å². The molecule has 1 heterocycles. The zero-order valence-electron chi connectivity index (χ0n) is 10.3. The molecule has 1 amide bonds. The summed E-state index contributed by atoms with van der Waals surface area (Å²) in [5, 5.41) is 1.28. The molecule has 1 aromatic carbocycles. The Balaban J connectivity index is 1.88. The summed E-state index contributed by atoms with van der Waals surface area (Å²) in [5.41, 5.74) is 0.992. The third-order valence-corrected chi connectivity index (χ3v) is 3.92. The molecule has 2 nitrogen and oxygen atoms in total. The number of amides is 1. The number of carbonyl (C=O) groups excluding carboxylic acids is 1. The molecule has 4 heteroatoms. The number of benzene rings is 1. The van der Waals surface area contributed by atoms with Gasteiger partial charge in [-0.1, -0.05) is 29.3 Å². The van der Waals surface area contributed by atoms with Crippen LogP contribution in [-0.4, -0.2) is 23.9 Å². The number of hydrogen-bond donors (Lipinski definition) is 0. The Labute approximate surface area is 118 Å². The minimum Gasteiger partial charge on any atom is -0.343 e. The van der Waals surface area contributed by atoms with Crippen LogP contribution < -0.4 is 0 Å². The molecule has 0 saturated carbocycles. The summed E-state index contributed by atoms with van der Waals surface area (Å²) in [7, 11) is 0. The molecule has 0 aromatic heterocycles. The molecule has 0 bridgehead atoms. The fourth-order valence-corrected chi connectivity index (χ4v) is 2.77. The second kappa shape index (κ2) is 6.44. The van der Waals surface area contributed by atoms with Crippen LogP contribution in [0.25, 0.3) is 0 Å². The van der Waals surface area contributed by atoms with Crippen molar-refractivity contribution in [3.63, 3.8) is 0 Å². The maximum Gasteiger partial charge on any atom is 0.222 e. The van der Waals surface area contributed by atoms with Crippen LogP contribution in [0.5, 0.6) is 0 Å². The van der Waals surface area contributed by atoms with Gasteiger partial charge in [0.05, 0.1) is 0 Å². The number of carbonyl (C=O) groups is 1. The highest BCUT2D eigenvalue weighted by Gasteiger charge is 2.16. The van der Waals surface area contributed by atoms with Gasteiger partial charge in [-0.2, -0.15) is 0 Å². The van der Waals surface area contributed by atoms with Crippen molar-refractivity contribution < 1.29 is 4.79 Å². The van der Waals surface area contributed by atoms with Gasteiger partial charge in [0.1, 0.15) is 0 Å². The SMILES string of the molecule is O=C(CCc1ccc(Cl)cc1Cl)N1CCCCC1. The van der Waals surface area contributed by atoms with Crippen LogP contribution >= 0.6 is 23.2 Å². The molecule has 0 aliphatic carbocycles. The van der Waals surface area contributed by atoms with Crippen molar-refractivity contribution in [2.75, 3.05) is 13.1 Å². The van der Waals surface area contributed by atoms with Crippen molar-refractivity contribution >= 4 is 29.1 Å². The van der Waals surface area contributed by atoms with Crippen LogP contribution in [0.3, 0.4) is 0 Å². The Bertz CT molecular complexity index is 428. The summed E-state index contributed by atoms with van der Waals surface area (Å²) >= 11 is 11.9. The molecular weight excluding hydrogens is 269 g/mol. The lowest BCUT2D eigenvalue weighted by atomic mass is 10.1. The maximum atomic E-state index is 12.0. The first-order chi connectivity index (χ1) is 8.66. The van der Waals surface area contributed by atoms with E-state index in [9.17, 15) is 4.79 Å². The van der Waals surface area contributed by atoms with Crippen LogP contribution in [0.15, 0.2) is 18.2 Å². The number of rotatable bonds is 3. The van der Waals surface area contributed by atoms with E-state index in [0.717, 1.165) is 31.5 Å². The van der Waals surface area contributed by atoms with E-state index in [0.29, 0.717) is 22.9 Å². The summed E-state index contributed by atoms with van der Waals surface area (Å²) in [5.74, 6) is 0.237. The average molecular weight is 286 g/mol. The van der Waals surface area contributed by atoms with Gasteiger partial charge in [0.2, 0.25) is 5.91 Å². The topological polar surface area (TPSA) is 20.3 Å². The molecule has 0 unspecified atom stereocenters. The summed E-state index contributed by atoms with van der Waals surface area (Å²) in [6.07, 6.45) is 4.72. The normalized spacial score (nSPS) is 15.8. The summed E-state index contributed by atoms with van der Waals surface area (Å²) in [6, 6.07) is 5.44. The largest absolute Gasteiger partial charge is 0.343 e. The smallest absolute Gasteiger partial charge is 0.222 e. The second-order valence-electron chi connectivity index (χ2n) is 4.68. The number of likely N-dealkylation sites (tertiary alicyclic amines) is 1. The van der Waals surface area contributed by atoms with Crippen LogP contribution in [0.1, 0.15) is 31.2 Å². The van der Waals surface area contributed by atoms with E-state index in [2.05, 4.69) is 0 Å². The molecule has 1 aromatic rings. The highest BCUT2D eigenvalue weighted by molar-refractivity contribution is 6.35. The van der Waals surface area contributed by atoms with E-state index in [-0.39, 0.29) is 5.91 Å². The molecular formula is C14H17Cl2NO. The van der Waals surface area contributed by atoms with Crippen LogP contribution in [-0.2, 0) is 11.2 Å². The Morgan fingerprint density at radius 3 is 2.56 bits per heavy atom. The zero-order valence-corrected chi connectivity index (χ0v) is 11.8. The number of halogens is 2. The Kier molecular flexibility index (Phi) is 4.90. The van der Waals surface area contributed by atoms with Crippen LogP contribution in [0.4, 0.5) is 0 Å². The quantitative estimate of drug-likeness (QED) is 0.824. The Morgan fingerprint density at radius 1 is 1.17 bits per heavy atom. The molecule has 0 N–H and O–H groups in total. The summed E-state index contributed by atoms with van der Waals surface area (Å²) < 4.78 is 0. The predicted molar refractivity (Wildman–Crippen MR) is 75.2 cm³/mol. The fraction of sp³-hybridized carbons (Fsp3) is 0.500. The maximum absolute atomic E-state index is 12.0. The van der Waals surface area contributed by atoms with E-state index in [1.54, 1.807) is 6.07 Å². The van der Waals surface area contributed by atoms with Crippen molar-refractivity contribution in [3.05, 3.63) is 33.8 Å². The summed E-state index contributed by atoms with van der Waals surface area (Å²) in [6.45, 7) is 1.82. The molecule has 1 aliphatic heterocycles. The highest BCUT2D eigenvalue weighted by atomic mass is 35.5. The molecule has 0 atom stereocenters. The first kappa shape index (κ1) is 13.7. The molecule has 2 rings (SSSR count). The molecule has 1 aliphatic rings. The monoisotopic (exact) mass is 285 g/mol. The van der Waals surface area contributed by atoms with Crippen molar-refractivity contribution in [1.82, 2.24) is 4.90 Å². The van der Waals surface area contributed by atoms with Gasteiger partial charge < -0.3 is 4.90 Å². The predicted octanol–water partition coefficient (Wildman–Crippen LogP) is 3.94. The Hall–Kier alpha value is -0.730. The van der Waals surface area contributed by atoms with Gasteiger partial charge in [0.25, 0.3) is 0 Å². The van der Waals surface area contributed by atoms with Crippen molar-refractivity contribution in [3.8, 4) is 0 Å². The number of nitrogens with zero attached hydrogens (tertiary/aromatic N) is 1. The van der Waals surface area contributed by atoms with Crippen LogP contribution in [0, 0.1) is 0 Å². The van der Waals surface area contributed by atoms with E-state index in [4.69, 9.17) is 23.2 Å².